The normalized spacial score (nSPS) is 13.5. The molecular formula is C25H25N2O7P. The van der Waals surface area contributed by atoms with E-state index in [1.54, 1.807) is 41.3 Å². The van der Waals surface area contributed by atoms with E-state index in [1.165, 1.54) is 26.0 Å². The van der Waals surface area contributed by atoms with Crippen molar-refractivity contribution in [1.29, 1.82) is 0 Å². The molecule has 1 heterocycles. The van der Waals surface area contributed by atoms with Gasteiger partial charge in [0.1, 0.15) is 22.9 Å². The molecule has 1 N–H and O–H groups in total. The maximum absolute atomic E-state index is 14.1. The maximum Gasteiger partial charge on any atom is 0.432 e. The molecule has 0 saturated heterocycles. The third-order valence-corrected chi connectivity index (χ3v) is 7.46. The molecule has 1 aliphatic heterocycles. The molecule has 1 aliphatic rings. The van der Waals surface area contributed by atoms with Gasteiger partial charge in [0, 0.05) is 19.6 Å². The van der Waals surface area contributed by atoms with Crippen molar-refractivity contribution in [3.05, 3.63) is 80.1 Å². The second kappa shape index (κ2) is 9.88. The average Bonchev–Trinajstić information content (AvgIpc) is 3.03. The van der Waals surface area contributed by atoms with Crippen molar-refractivity contribution in [3.8, 4) is 11.5 Å². The summed E-state index contributed by atoms with van der Waals surface area (Å²) in [5, 5.41) is 2.97. The van der Waals surface area contributed by atoms with E-state index in [1.807, 2.05) is 0 Å². The van der Waals surface area contributed by atoms with Gasteiger partial charge in [0.15, 0.2) is 11.6 Å². The highest BCUT2D eigenvalue weighted by Gasteiger charge is 2.34. The minimum Gasteiger partial charge on any atom is -0.415 e. The number of rotatable bonds is 9. The highest BCUT2D eigenvalue weighted by Crippen LogP contribution is 2.50. The van der Waals surface area contributed by atoms with Crippen LogP contribution < -0.4 is 30.1 Å². The van der Waals surface area contributed by atoms with Gasteiger partial charge >= 0.3 is 7.60 Å². The second-order valence-electron chi connectivity index (χ2n) is 8.27. The first kappa shape index (κ1) is 24.4. The second-order valence-corrected chi connectivity index (χ2v) is 10.3. The molecule has 0 fully saturated rings. The molecular weight excluding hydrogens is 471 g/mol. The number of Topliss-reactive ketones (excluding diaryl/α,β-unsaturated/α-hetero) is 2. The fraction of sp³-hybridized carbons (Fsp3) is 0.280. The predicted octanol–water partition coefficient (Wildman–Crippen LogP) is 3.66. The van der Waals surface area contributed by atoms with Crippen LogP contribution in [0.1, 0.15) is 41.0 Å². The zero-order valence-electron chi connectivity index (χ0n) is 19.4. The minimum absolute atomic E-state index is 0.0935. The molecule has 0 aliphatic carbocycles. The summed E-state index contributed by atoms with van der Waals surface area (Å²) in [6, 6.07) is 12.8. The molecule has 4 rings (SSSR count). The van der Waals surface area contributed by atoms with Crippen molar-refractivity contribution in [2.75, 3.05) is 36.0 Å². The number of hydrogen-bond acceptors (Lipinski definition) is 9. The van der Waals surface area contributed by atoms with Crippen molar-refractivity contribution in [2.24, 2.45) is 0 Å². The molecule has 0 bridgehead atoms. The smallest absolute Gasteiger partial charge is 0.415 e. The zero-order valence-corrected chi connectivity index (χ0v) is 20.3. The number of benzene rings is 2. The lowest BCUT2D eigenvalue weighted by atomic mass is 10.1. The van der Waals surface area contributed by atoms with Crippen LogP contribution in [-0.4, -0.2) is 37.4 Å². The lowest BCUT2D eigenvalue weighted by Crippen LogP contribution is -2.42. The number of nitrogens with one attached hydrogen (secondary N) is 1. The van der Waals surface area contributed by atoms with Crippen LogP contribution in [0.4, 0.5) is 11.4 Å². The average molecular weight is 496 g/mol. The monoisotopic (exact) mass is 496 g/mol. The van der Waals surface area contributed by atoms with E-state index in [9.17, 15) is 23.7 Å². The van der Waals surface area contributed by atoms with E-state index in [2.05, 4.69) is 5.32 Å². The van der Waals surface area contributed by atoms with E-state index in [0.717, 1.165) is 0 Å². The Kier molecular flexibility index (Phi) is 6.89. The molecule has 0 radical (unpaired) electrons. The Morgan fingerprint density at radius 3 is 2.00 bits per heavy atom. The van der Waals surface area contributed by atoms with Crippen molar-refractivity contribution < 1.29 is 23.2 Å². The summed E-state index contributed by atoms with van der Waals surface area (Å²) in [5.41, 5.74) is -0.136. The third-order valence-electron chi connectivity index (χ3n) is 5.76. The lowest BCUT2D eigenvalue weighted by Gasteiger charge is -2.27. The van der Waals surface area contributed by atoms with Gasteiger partial charge in [-0.05, 0) is 44.5 Å². The maximum atomic E-state index is 14.1. The number of fused-ring (bicyclic) bond motifs is 1. The van der Waals surface area contributed by atoms with Gasteiger partial charge in [-0.15, -0.1) is 0 Å². The first-order valence-corrected chi connectivity index (χ1v) is 12.9. The van der Waals surface area contributed by atoms with Crippen LogP contribution in [0.15, 0.2) is 58.1 Å². The Balaban J connectivity index is 1.67. The molecule has 3 aromatic carbocycles. The van der Waals surface area contributed by atoms with Crippen molar-refractivity contribution >= 4 is 30.5 Å². The summed E-state index contributed by atoms with van der Waals surface area (Å²) in [6.45, 7) is 3.85. The number of carbonyl (C=O) groups excluding carboxylic acids is 2. The van der Waals surface area contributed by atoms with Gasteiger partial charge in [-0.1, -0.05) is 24.3 Å². The van der Waals surface area contributed by atoms with E-state index in [0.29, 0.717) is 19.5 Å². The molecule has 0 saturated carbocycles. The zero-order chi connectivity index (χ0) is 25.2. The SMILES string of the molecule is CC(=O)c1ccccc1OP(=O)(CCN1CCCNc2c1c(=O)c2=O)Oc1ccccc1C(C)=O. The van der Waals surface area contributed by atoms with E-state index in [4.69, 9.17) is 9.05 Å². The summed E-state index contributed by atoms with van der Waals surface area (Å²) in [5.74, 6) is -0.363. The van der Waals surface area contributed by atoms with Gasteiger partial charge in [0.25, 0.3) is 10.9 Å². The molecule has 0 atom stereocenters. The van der Waals surface area contributed by atoms with Crippen LogP contribution in [0, 0.1) is 0 Å². The quantitative estimate of drug-likeness (QED) is 0.269. The number of para-hydroxylation sites is 2. The van der Waals surface area contributed by atoms with Crippen LogP contribution in [0.5, 0.6) is 11.5 Å². The summed E-state index contributed by atoms with van der Waals surface area (Å²) in [4.78, 5) is 50.0. The Morgan fingerprint density at radius 1 is 0.914 bits per heavy atom. The Labute approximate surface area is 201 Å². The van der Waals surface area contributed by atoms with Crippen molar-refractivity contribution in [2.45, 2.75) is 20.3 Å². The lowest BCUT2D eigenvalue weighted by molar-refractivity contribution is 0.100. The van der Waals surface area contributed by atoms with Crippen molar-refractivity contribution in [3.63, 3.8) is 0 Å². The van der Waals surface area contributed by atoms with Gasteiger partial charge in [0.2, 0.25) is 0 Å². The number of hydrogen-bond donors (Lipinski definition) is 1. The van der Waals surface area contributed by atoms with Gasteiger partial charge in [0.05, 0.1) is 17.3 Å². The van der Waals surface area contributed by atoms with Crippen LogP contribution >= 0.6 is 7.60 Å². The third kappa shape index (κ3) is 5.05. The highest BCUT2D eigenvalue weighted by atomic mass is 31.2. The van der Waals surface area contributed by atoms with Crippen LogP contribution in [-0.2, 0) is 4.57 Å². The molecule has 0 spiro atoms. The summed E-state index contributed by atoms with van der Waals surface area (Å²) in [6.07, 6.45) is 0.504. The van der Waals surface area contributed by atoms with Gasteiger partial charge in [-0.2, -0.15) is 0 Å². The molecule has 10 heteroatoms. The first-order chi connectivity index (χ1) is 16.7. The largest absolute Gasteiger partial charge is 0.432 e. The molecule has 3 aromatic rings. The summed E-state index contributed by atoms with van der Waals surface area (Å²) >= 11 is 0. The minimum atomic E-state index is -4.02. The summed E-state index contributed by atoms with van der Waals surface area (Å²) in [7, 11) is -4.02. The van der Waals surface area contributed by atoms with Crippen LogP contribution in [0.2, 0.25) is 0 Å². The number of nitrogens with zero attached hydrogens (tertiary/aromatic N) is 1. The molecule has 35 heavy (non-hydrogen) atoms. The molecule has 0 aromatic heterocycles. The van der Waals surface area contributed by atoms with Gasteiger partial charge in [-0.3, -0.25) is 19.2 Å². The molecule has 0 amide bonds. The highest BCUT2D eigenvalue weighted by molar-refractivity contribution is 7.54. The summed E-state index contributed by atoms with van der Waals surface area (Å²) < 4.78 is 25.9. The number of ketones is 2. The number of anilines is 2. The topological polar surface area (TPSA) is 119 Å². The molecule has 182 valence electrons. The first-order valence-electron chi connectivity index (χ1n) is 11.2. The van der Waals surface area contributed by atoms with Crippen molar-refractivity contribution in [1.82, 2.24) is 0 Å². The predicted molar refractivity (Wildman–Crippen MR) is 133 cm³/mol. The van der Waals surface area contributed by atoms with Gasteiger partial charge in [-0.25, -0.2) is 4.57 Å². The van der Waals surface area contributed by atoms with Crippen LogP contribution in [0.25, 0.3) is 0 Å². The molecule has 0 unspecified atom stereocenters. The molecule has 9 nitrogen and oxygen atoms in total. The Morgan fingerprint density at radius 2 is 1.46 bits per heavy atom. The fourth-order valence-corrected chi connectivity index (χ4v) is 5.62. The van der Waals surface area contributed by atoms with Crippen LogP contribution in [0.3, 0.4) is 0 Å². The standard InChI is InChI=1S/C25H25N2O7P/c1-16(28)18-8-3-5-10-20(18)33-35(32,34-21-11-6-4-9-19(21)17(2)29)15-14-27-13-7-12-26-22-23(27)25(31)24(22)30/h3-6,8-11,26H,7,12-15H2,1-2H3. The number of carbonyl (C=O) groups is 2. The fourth-order valence-electron chi connectivity index (χ4n) is 3.99. The van der Waals surface area contributed by atoms with E-state index < -0.39 is 18.5 Å². The van der Waals surface area contributed by atoms with E-state index >= 15 is 0 Å². The Hall–Kier alpha value is -3.71. The Bertz CT molecular complexity index is 1340. The van der Waals surface area contributed by atoms with E-state index in [-0.39, 0.29) is 58.3 Å². The van der Waals surface area contributed by atoms with Gasteiger partial charge < -0.3 is 19.3 Å².